The van der Waals surface area contributed by atoms with E-state index in [0.29, 0.717) is 13.2 Å². The summed E-state index contributed by atoms with van der Waals surface area (Å²) in [4.78, 5) is 4.96. The van der Waals surface area contributed by atoms with Crippen molar-refractivity contribution in [3.63, 3.8) is 0 Å². The van der Waals surface area contributed by atoms with E-state index in [2.05, 4.69) is 15.9 Å². The monoisotopic (exact) mass is 337 g/mol. The van der Waals surface area contributed by atoms with Gasteiger partial charge in [-0.15, -0.1) is 0 Å². The summed E-state index contributed by atoms with van der Waals surface area (Å²) in [5.74, 6) is 1.62. The third-order valence-electron chi connectivity index (χ3n) is 4.35. The third-order valence-corrected chi connectivity index (χ3v) is 4.35. The van der Waals surface area contributed by atoms with Gasteiger partial charge in [0.05, 0.1) is 13.7 Å². The summed E-state index contributed by atoms with van der Waals surface area (Å²) >= 11 is 0. The predicted octanol–water partition coefficient (Wildman–Crippen LogP) is 1.19. The maximum absolute atomic E-state index is 5.91. The van der Waals surface area contributed by atoms with Crippen LogP contribution in [0, 0.1) is 0 Å². The lowest BCUT2D eigenvalue weighted by molar-refractivity contribution is 0.122. The van der Waals surface area contributed by atoms with Gasteiger partial charge in [0.15, 0.2) is 11.5 Å². The molecule has 2 N–H and O–H groups in total. The van der Waals surface area contributed by atoms with Crippen molar-refractivity contribution >= 4 is 0 Å². The molecule has 0 spiro atoms. The molecule has 0 aromatic heterocycles. The summed E-state index contributed by atoms with van der Waals surface area (Å²) in [6, 6.07) is 6.08. The minimum absolute atomic E-state index is 0.525. The van der Waals surface area contributed by atoms with Gasteiger partial charge >= 0.3 is 0 Å². The second-order valence-corrected chi connectivity index (χ2v) is 6.05. The molecule has 0 saturated carbocycles. The van der Waals surface area contributed by atoms with E-state index in [0.717, 1.165) is 63.7 Å². The number of hydrogen-bond acceptors (Lipinski definition) is 6. The van der Waals surface area contributed by atoms with Gasteiger partial charge in [0, 0.05) is 45.4 Å². The molecule has 1 aromatic rings. The number of ether oxygens (including phenoxy) is 3. The number of benzene rings is 1. The molecule has 0 aliphatic carbocycles. The zero-order valence-electron chi connectivity index (χ0n) is 15.0. The van der Waals surface area contributed by atoms with E-state index in [1.807, 2.05) is 12.1 Å². The molecule has 0 radical (unpaired) electrons. The Labute approximate surface area is 145 Å². The molecule has 0 unspecified atom stereocenters. The first-order valence-corrected chi connectivity index (χ1v) is 8.71. The molecule has 6 heteroatoms. The number of nitrogens with zero attached hydrogens (tertiary/aromatic N) is 2. The van der Waals surface area contributed by atoms with Gasteiger partial charge in [-0.3, -0.25) is 4.90 Å². The summed E-state index contributed by atoms with van der Waals surface area (Å²) in [6.07, 6.45) is 1.08. The van der Waals surface area contributed by atoms with E-state index in [4.69, 9.17) is 19.9 Å². The molecule has 1 fully saturated rings. The van der Waals surface area contributed by atoms with Crippen LogP contribution in [0.15, 0.2) is 18.2 Å². The Kier molecular flexibility index (Phi) is 8.32. The van der Waals surface area contributed by atoms with Crippen molar-refractivity contribution < 1.29 is 14.2 Å². The van der Waals surface area contributed by atoms with Gasteiger partial charge in [0.1, 0.15) is 6.61 Å². The van der Waals surface area contributed by atoms with E-state index in [1.165, 1.54) is 5.56 Å². The minimum Gasteiger partial charge on any atom is -0.493 e. The molecule has 1 saturated heterocycles. The van der Waals surface area contributed by atoms with E-state index < -0.39 is 0 Å². The third kappa shape index (κ3) is 5.63. The van der Waals surface area contributed by atoms with Crippen LogP contribution in [0.3, 0.4) is 0 Å². The lowest BCUT2D eigenvalue weighted by atomic mass is 10.1. The normalized spacial score (nSPS) is 16.3. The number of para-hydroxylation sites is 1. The zero-order valence-corrected chi connectivity index (χ0v) is 15.0. The molecule has 1 heterocycles. The van der Waals surface area contributed by atoms with Crippen LogP contribution in [-0.2, 0) is 11.3 Å². The first kappa shape index (κ1) is 19.0. The Bertz CT molecular complexity index is 477. The van der Waals surface area contributed by atoms with Crippen molar-refractivity contribution in [3.8, 4) is 11.5 Å². The molecule has 0 amide bonds. The van der Waals surface area contributed by atoms with Crippen molar-refractivity contribution in [1.29, 1.82) is 0 Å². The van der Waals surface area contributed by atoms with Crippen molar-refractivity contribution in [1.82, 2.24) is 9.80 Å². The number of rotatable bonds is 10. The smallest absolute Gasteiger partial charge is 0.165 e. The number of methoxy groups -OCH3 is 2. The number of piperazine rings is 1. The minimum atomic E-state index is 0.525. The Morgan fingerprint density at radius 2 is 1.79 bits per heavy atom. The van der Waals surface area contributed by atoms with E-state index in [-0.39, 0.29) is 0 Å². The lowest BCUT2D eigenvalue weighted by Crippen LogP contribution is -2.46. The second-order valence-electron chi connectivity index (χ2n) is 6.05. The molecule has 1 aromatic carbocycles. The molecule has 136 valence electrons. The van der Waals surface area contributed by atoms with Gasteiger partial charge < -0.3 is 24.8 Å². The largest absolute Gasteiger partial charge is 0.493 e. The van der Waals surface area contributed by atoms with Gasteiger partial charge in [-0.2, -0.15) is 0 Å². The summed E-state index contributed by atoms with van der Waals surface area (Å²) in [5, 5.41) is 0. The molecule has 1 aliphatic rings. The van der Waals surface area contributed by atoms with Crippen LogP contribution in [0.2, 0.25) is 0 Å². The molecule has 6 nitrogen and oxygen atoms in total. The summed E-state index contributed by atoms with van der Waals surface area (Å²) < 4.78 is 16.5. The molecule has 1 aliphatic heterocycles. The molecule has 0 bridgehead atoms. The fourth-order valence-corrected chi connectivity index (χ4v) is 2.96. The Balaban J connectivity index is 1.94. The molecular weight excluding hydrogens is 306 g/mol. The average Bonchev–Trinajstić information content (AvgIpc) is 2.62. The molecular formula is C18H31N3O3. The van der Waals surface area contributed by atoms with Gasteiger partial charge in [-0.05, 0) is 25.6 Å². The van der Waals surface area contributed by atoms with Crippen LogP contribution in [0.25, 0.3) is 0 Å². The van der Waals surface area contributed by atoms with Gasteiger partial charge in [0.25, 0.3) is 0 Å². The van der Waals surface area contributed by atoms with Crippen molar-refractivity contribution in [2.45, 2.75) is 13.0 Å². The van der Waals surface area contributed by atoms with Crippen molar-refractivity contribution in [2.24, 2.45) is 5.73 Å². The average molecular weight is 337 g/mol. The van der Waals surface area contributed by atoms with E-state index >= 15 is 0 Å². The first-order chi connectivity index (χ1) is 11.8. The van der Waals surface area contributed by atoms with Crippen LogP contribution in [0.1, 0.15) is 12.0 Å². The van der Waals surface area contributed by atoms with Crippen LogP contribution in [0.4, 0.5) is 0 Å². The molecule has 0 atom stereocenters. The summed E-state index contributed by atoms with van der Waals surface area (Å²) in [6.45, 7) is 8.19. The van der Waals surface area contributed by atoms with Gasteiger partial charge in [-0.25, -0.2) is 0 Å². The topological polar surface area (TPSA) is 60.2 Å². The Hall–Kier alpha value is -1.34. The first-order valence-electron chi connectivity index (χ1n) is 8.71. The number of hydrogen-bond donors (Lipinski definition) is 1. The maximum atomic E-state index is 5.91. The number of nitrogens with two attached hydrogens (primary N) is 1. The molecule has 2 rings (SSSR count). The maximum Gasteiger partial charge on any atom is 0.165 e. The van der Waals surface area contributed by atoms with Crippen molar-refractivity contribution in [3.05, 3.63) is 23.8 Å². The Morgan fingerprint density at radius 3 is 2.46 bits per heavy atom. The highest BCUT2D eigenvalue weighted by molar-refractivity contribution is 5.46. The van der Waals surface area contributed by atoms with E-state index in [1.54, 1.807) is 14.2 Å². The fourth-order valence-electron chi connectivity index (χ4n) is 2.96. The predicted molar refractivity (Wildman–Crippen MR) is 95.8 cm³/mol. The van der Waals surface area contributed by atoms with E-state index in [9.17, 15) is 0 Å². The van der Waals surface area contributed by atoms with Crippen LogP contribution < -0.4 is 15.2 Å². The van der Waals surface area contributed by atoms with Crippen LogP contribution >= 0.6 is 0 Å². The Morgan fingerprint density at radius 1 is 1.04 bits per heavy atom. The quantitative estimate of drug-likeness (QED) is 0.647. The highest BCUT2D eigenvalue weighted by Gasteiger charge is 2.19. The second kappa shape index (κ2) is 10.5. The SMILES string of the molecule is COCCOc1c(CN2CCN(CCCN)CC2)cccc1OC. The van der Waals surface area contributed by atoms with Crippen LogP contribution in [0.5, 0.6) is 11.5 Å². The van der Waals surface area contributed by atoms with Gasteiger partial charge in [0.2, 0.25) is 0 Å². The summed E-state index contributed by atoms with van der Waals surface area (Å²) in [5.41, 5.74) is 6.76. The highest BCUT2D eigenvalue weighted by Crippen LogP contribution is 2.32. The fraction of sp³-hybridized carbons (Fsp3) is 0.667. The zero-order chi connectivity index (χ0) is 17.2. The summed E-state index contributed by atoms with van der Waals surface area (Å²) in [7, 11) is 3.36. The van der Waals surface area contributed by atoms with Crippen LogP contribution in [-0.4, -0.2) is 76.5 Å². The lowest BCUT2D eigenvalue weighted by Gasteiger charge is -2.35. The molecule has 24 heavy (non-hydrogen) atoms. The highest BCUT2D eigenvalue weighted by atomic mass is 16.5. The van der Waals surface area contributed by atoms with Gasteiger partial charge in [-0.1, -0.05) is 12.1 Å². The van der Waals surface area contributed by atoms with Crippen molar-refractivity contribution in [2.75, 3.05) is 66.7 Å². The standard InChI is InChI=1S/C18H31N3O3/c1-22-13-14-24-18-16(5-3-6-17(18)23-2)15-21-11-9-20(10-12-21)8-4-7-19/h3,5-6H,4,7-15,19H2,1-2H3.